The highest BCUT2D eigenvalue weighted by Gasteiger charge is 2.26. The lowest BCUT2D eigenvalue weighted by molar-refractivity contribution is -0.117. The second-order valence-electron chi connectivity index (χ2n) is 7.79. The molecule has 4 rings (SSSR count). The van der Waals surface area contributed by atoms with Crippen LogP contribution in [0.1, 0.15) is 18.9 Å². The number of likely N-dealkylation sites (N-methyl/N-ethyl adjacent to an activating group) is 1. The summed E-state index contributed by atoms with van der Waals surface area (Å²) in [5.74, 6) is 0.715. The second-order valence-corrected chi connectivity index (χ2v) is 8.93. The van der Waals surface area contributed by atoms with Crippen molar-refractivity contribution in [2.75, 3.05) is 40.9 Å². The molecule has 33 heavy (non-hydrogen) atoms. The fraction of sp³-hybridized carbons (Fsp3) is 0.292. The number of nitrogens with zero attached hydrogens (tertiary/aromatic N) is 3. The monoisotopic (exact) mass is 465 g/mol. The van der Waals surface area contributed by atoms with E-state index in [1.54, 1.807) is 18.7 Å². The summed E-state index contributed by atoms with van der Waals surface area (Å²) in [6.45, 7) is 3.09. The highest BCUT2D eigenvalue weighted by atomic mass is 32.2. The molecule has 0 spiro atoms. The van der Waals surface area contributed by atoms with Crippen LogP contribution in [0.15, 0.2) is 69.1 Å². The average Bonchev–Trinajstić information content (AvgIpc) is 3.02. The van der Waals surface area contributed by atoms with Crippen molar-refractivity contribution in [2.24, 2.45) is 0 Å². The number of hydrogen-bond acceptors (Lipinski definition) is 6. The van der Waals surface area contributed by atoms with Gasteiger partial charge in [0.25, 0.3) is 5.56 Å². The molecule has 1 amide bonds. The van der Waals surface area contributed by atoms with Crippen molar-refractivity contribution in [1.82, 2.24) is 9.55 Å². The maximum Gasteiger partial charge on any atom is 0.330 e. The van der Waals surface area contributed by atoms with Gasteiger partial charge in [0.15, 0.2) is 5.69 Å². The number of para-hydroxylation sites is 1. The van der Waals surface area contributed by atoms with Crippen LogP contribution in [-0.4, -0.2) is 40.8 Å². The van der Waals surface area contributed by atoms with E-state index < -0.39 is 11.2 Å². The van der Waals surface area contributed by atoms with Crippen molar-refractivity contribution < 1.29 is 4.79 Å². The van der Waals surface area contributed by atoms with Crippen molar-refractivity contribution in [1.29, 1.82) is 0 Å². The highest BCUT2D eigenvalue weighted by molar-refractivity contribution is 7.99. The minimum Gasteiger partial charge on any atom is -0.383 e. The van der Waals surface area contributed by atoms with E-state index in [9.17, 15) is 14.4 Å². The van der Waals surface area contributed by atoms with Crippen molar-refractivity contribution in [3.8, 4) is 0 Å². The number of nitrogen functional groups attached to an aromatic ring is 1. The van der Waals surface area contributed by atoms with Gasteiger partial charge in [0.05, 0.1) is 18.8 Å². The second kappa shape index (κ2) is 9.99. The molecule has 0 saturated heterocycles. The third-order valence-corrected chi connectivity index (χ3v) is 6.80. The number of anilines is 3. The average molecular weight is 466 g/mol. The van der Waals surface area contributed by atoms with Crippen LogP contribution in [0.5, 0.6) is 0 Å². The normalized spacial score (nSPS) is 13.3. The zero-order valence-electron chi connectivity index (χ0n) is 18.5. The number of aromatic nitrogens is 2. The first-order valence-electron chi connectivity index (χ1n) is 10.9. The van der Waals surface area contributed by atoms with Crippen LogP contribution < -0.4 is 26.8 Å². The summed E-state index contributed by atoms with van der Waals surface area (Å²) in [6.07, 6.45) is 0.948. The number of nitrogens with one attached hydrogen (secondary N) is 1. The number of thioether (sulfide) groups is 1. The highest BCUT2D eigenvalue weighted by Crippen LogP contribution is 2.33. The Hall–Kier alpha value is -3.46. The molecule has 0 radical (unpaired) electrons. The number of carbonyl (C=O) groups is 1. The molecule has 2 heterocycles. The number of aromatic amines is 1. The Morgan fingerprint density at radius 2 is 1.85 bits per heavy atom. The van der Waals surface area contributed by atoms with E-state index in [4.69, 9.17) is 5.73 Å². The molecule has 2 aromatic carbocycles. The molecule has 0 atom stereocenters. The van der Waals surface area contributed by atoms with Crippen LogP contribution in [0.2, 0.25) is 0 Å². The van der Waals surface area contributed by atoms with Crippen molar-refractivity contribution in [3.63, 3.8) is 0 Å². The molecule has 9 heteroatoms. The Balaban J connectivity index is 1.66. The first-order chi connectivity index (χ1) is 16.0. The molecule has 0 saturated carbocycles. The predicted octanol–water partition coefficient (Wildman–Crippen LogP) is 2.52. The standard InChI is InChI=1S/C24H27N5O3S/c1-2-28(20(30)16-27-13-8-14-33-19-12-7-6-11-18(19)27)21-22(25)29(24(32)26-23(21)31)15-17-9-4-3-5-10-17/h3-7,9-12H,2,8,13-16,25H2,1H3,(H,26,31,32). The summed E-state index contributed by atoms with van der Waals surface area (Å²) < 4.78 is 1.29. The first kappa shape index (κ1) is 22.7. The van der Waals surface area contributed by atoms with E-state index in [0.717, 1.165) is 34.9 Å². The van der Waals surface area contributed by atoms with E-state index in [0.29, 0.717) is 0 Å². The molecule has 0 unspecified atom stereocenters. The molecule has 1 aliphatic rings. The zero-order valence-corrected chi connectivity index (χ0v) is 19.3. The zero-order chi connectivity index (χ0) is 23.4. The molecular formula is C24H27N5O3S. The third kappa shape index (κ3) is 4.83. The minimum atomic E-state index is -0.663. The Labute approximate surface area is 196 Å². The molecule has 8 nitrogen and oxygen atoms in total. The summed E-state index contributed by atoms with van der Waals surface area (Å²) in [5.41, 5.74) is 6.93. The number of H-pyrrole nitrogens is 1. The third-order valence-electron chi connectivity index (χ3n) is 5.65. The van der Waals surface area contributed by atoms with Gasteiger partial charge in [-0.3, -0.25) is 19.1 Å². The van der Waals surface area contributed by atoms with Gasteiger partial charge >= 0.3 is 5.69 Å². The number of hydrogen-bond donors (Lipinski definition) is 2. The van der Waals surface area contributed by atoms with Gasteiger partial charge in [0, 0.05) is 18.0 Å². The van der Waals surface area contributed by atoms with Crippen LogP contribution in [0.25, 0.3) is 0 Å². The number of rotatable bonds is 6. The van der Waals surface area contributed by atoms with Crippen molar-refractivity contribution >= 4 is 34.9 Å². The Morgan fingerprint density at radius 1 is 1.12 bits per heavy atom. The number of benzene rings is 2. The van der Waals surface area contributed by atoms with E-state index in [-0.39, 0.29) is 37.0 Å². The molecule has 0 bridgehead atoms. The number of fused-ring (bicyclic) bond motifs is 1. The van der Waals surface area contributed by atoms with E-state index in [1.807, 2.05) is 53.4 Å². The largest absolute Gasteiger partial charge is 0.383 e. The molecule has 1 aromatic heterocycles. The van der Waals surface area contributed by atoms with Gasteiger partial charge in [-0.1, -0.05) is 42.5 Å². The van der Waals surface area contributed by atoms with Crippen LogP contribution in [-0.2, 0) is 11.3 Å². The van der Waals surface area contributed by atoms with Crippen LogP contribution in [0.3, 0.4) is 0 Å². The van der Waals surface area contributed by atoms with Crippen LogP contribution in [0, 0.1) is 0 Å². The van der Waals surface area contributed by atoms with Gasteiger partial charge in [0.1, 0.15) is 5.82 Å². The van der Waals surface area contributed by atoms with Crippen LogP contribution >= 0.6 is 11.8 Å². The molecule has 0 aliphatic carbocycles. The Bertz CT molecular complexity index is 1250. The van der Waals surface area contributed by atoms with E-state index in [2.05, 4.69) is 11.1 Å². The number of amides is 1. The van der Waals surface area contributed by atoms with E-state index in [1.165, 1.54) is 9.47 Å². The molecule has 3 N–H and O–H groups in total. The van der Waals surface area contributed by atoms with Gasteiger partial charge in [-0.25, -0.2) is 4.79 Å². The van der Waals surface area contributed by atoms with Crippen LogP contribution in [0.4, 0.5) is 17.2 Å². The lowest BCUT2D eigenvalue weighted by Crippen LogP contribution is -2.45. The van der Waals surface area contributed by atoms with Crippen molar-refractivity contribution in [3.05, 3.63) is 81.0 Å². The molecular weight excluding hydrogens is 438 g/mol. The summed E-state index contributed by atoms with van der Waals surface area (Å²) in [4.78, 5) is 45.6. The Morgan fingerprint density at radius 3 is 2.61 bits per heavy atom. The van der Waals surface area contributed by atoms with Gasteiger partial charge in [-0.15, -0.1) is 11.8 Å². The molecule has 0 fully saturated rings. The lowest BCUT2D eigenvalue weighted by atomic mass is 10.2. The maximum absolute atomic E-state index is 13.4. The molecule has 172 valence electrons. The summed E-state index contributed by atoms with van der Waals surface area (Å²) in [6, 6.07) is 17.4. The lowest BCUT2D eigenvalue weighted by Gasteiger charge is -2.28. The maximum atomic E-state index is 13.4. The van der Waals surface area contributed by atoms with Gasteiger partial charge in [-0.2, -0.15) is 0 Å². The van der Waals surface area contributed by atoms with Gasteiger partial charge < -0.3 is 15.5 Å². The van der Waals surface area contributed by atoms with E-state index >= 15 is 0 Å². The number of carbonyl (C=O) groups excluding carboxylic acids is 1. The first-order valence-corrected chi connectivity index (χ1v) is 11.9. The Kier molecular flexibility index (Phi) is 6.88. The fourth-order valence-electron chi connectivity index (χ4n) is 4.03. The smallest absolute Gasteiger partial charge is 0.330 e. The molecule has 3 aromatic rings. The van der Waals surface area contributed by atoms with Crippen molar-refractivity contribution in [2.45, 2.75) is 24.8 Å². The summed E-state index contributed by atoms with van der Waals surface area (Å²) >= 11 is 1.78. The predicted molar refractivity (Wildman–Crippen MR) is 133 cm³/mol. The molecule has 1 aliphatic heterocycles. The SMILES string of the molecule is CCN(C(=O)CN1CCCSc2ccccc21)c1c(N)n(Cc2ccccc2)c(=O)[nH]c1=O. The fourth-order valence-corrected chi connectivity index (χ4v) is 5.04. The van der Waals surface area contributed by atoms with Gasteiger partial charge in [-0.05, 0) is 36.8 Å². The number of nitrogens with two attached hydrogens (primary N) is 1. The summed E-state index contributed by atoms with van der Waals surface area (Å²) in [5, 5.41) is 0. The minimum absolute atomic E-state index is 0.00973. The quantitative estimate of drug-likeness (QED) is 0.580. The topological polar surface area (TPSA) is 104 Å². The summed E-state index contributed by atoms with van der Waals surface area (Å²) in [7, 11) is 0. The van der Waals surface area contributed by atoms with Gasteiger partial charge in [0.2, 0.25) is 5.91 Å².